The maximum Gasteiger partial charge on any atom is 0.193 e. The van der Waals surface area contributed by atoms with Crippen LogP contribution < -0.4 is 4.89 Å². The lowest BCUT2D eigenvalue weighted by atomic mass is 10.0. The third-order valence-corrected chi connectivity index (χ3v) is 10.4. The molecule has 0 amide bonds. The third kappa shape index (κ3) is 25.1. The van der Waals surface area contributed by atoms with Crippen molar-refractivity contribution in [2.75, 3.05) is 48.1 Å². The largest absolute Gasteiger partial charge is 0.774 e. The Hall–Kier alpha value is -0.230. The van der Waals surface area contributed by atoms with Gasteiger partial charge in [-0.1, -0.05) is 122 Å². The van der Waals surface area contributed by atoms with E-state index in [4.69, 9.17) is 14.0 Å². The number of allylic oxidation sites excluding steroid dienone is 2. The Labute approximate surface area is 262 Å². The smallest absolute Gasteiger partial charge is 0.193 e. The van der Waals surface area contributed by atoms with E-state index in [1.54, 1.807) is 7.11 Å². The van der Waals surface area contributed by atoms with E-state index in [1.807, 2.05) is 28.1 Å². The van der Waals surface area contributed by atoms with Gasteiger partial charge in [-0.2, -0.15) is 0 Å². The second-order valence-corrected chi connectivity index (χ2v) is 15.1. The van der Waals surface area contributed by atoms with Gasteiger partial charge in [0.05, 0.1) is 34.4 Å². The molecule has 6 nitrogen and oxygen atoms in total. The maximum absolute atomic E-state index is 12.8. The van der Waals surface area contributed by atoms with Gasteiger partial charge in [0.15, 0.2) is 13.4 Å². The van der Waals surface area contributed by atoms with Crippen LogP contribution in [0.1, 0.15) is 155 Å². The van der Waals surface area contributed by atoms with Crippen LogP contribution in [0, 0.1) is 0 Å². The highest BCUT2D eigenvalue weighted by atomic mass is 31.2. The molecule has 0 aromatic rings. The van der Waals surface area contributed by atoms with Crippen molar-refractivity contribution in [3.8, 4) is 0 Å². The topological polar surface area (TPSA) is 67.8 Å². The summed E-state index contributed by atoms with van der Waals surface area (Å²) in [6.07, 6.45) is 32.5. The molecule has 7 heteroatoms. The SMILES string of the molecule is CCCCCCCCCCCCC/C=C\CCCCCCCCCOC[C@H](COP(=O)([O-])C(CCC)[N+](C)(C)C)OC. The molecule has 0 spiro atoms. The van der Waals surface area contributed by atoms with E-state index in [-0.39, 0.29) is 12.7 Å². The molecule has 0 saturated heterocycles. The molecule has 3 atom stereocenters. The highest BCUT2D eigenvalue weighted by Crippen LogP contribution is 2.48. The zero-order chi connectivity index (χ0) is 31.4. The van der Waals surface area contributed by atoms with Crippen molar-refractivity contribution in [1.82, 2.24) is 0 Å². The molecule has 0 N–H and O–H groups in total. The fourth-order valence-corrected chi connectivity index (χ4v) is 7.38. The van der Waals surface area contributed by atoms with Gasteiger partial charge in [-0.05, 0) is 38.5 Å². The van der Waals surface area contributed by atoms with Crippen molar-refractivity contribution in [2.45, 2.75) is 167 Å². The number of methoxy groups -OCH3 is 1. The number of rotatable bonds is 32. The quantitative estimate of drug-likeness (QED) is 0.0325. The summed E-state index contributed by atoms with van der Waals surface area (Å²) in [5.74, 6) is -0.554. The maximum atomic E-state index is 12.8. The first-order chi connectivity index (χ1) is 20.2. The molecule has 0 saturated carbocycles. The first-order valence-electron chi connectivity index (χ1n) is 17.7. The average molecular weight is 618 g/mol. The molecule has 0 bridgehead atoms. The molecule has 0 heterocycles. The molecule has 0 aliphatic carbocycles. The van der Waals surface area contributed by atoms with Gasteiger partial charge in [0.25, 0.3) is 0 Å². The van der Waals surface area contributed by atoms with Crippen LogP contribution in [0.25, 0.3) is 0 Å². The number of quaternary nitrogens is 1. The van der Waals surface area contributed by atoms with Gasteiger partial charge in [0.1, 0.15) is 6.10 Å². The normalized spacial score (nSPS) is 15.3. The Morgan fingerprint density at radius 3 is 1.55 bits per heavy atom. The Bertz CT molecular complexity index is 652. The molecular weight excluding hydrogens is 545 g/mol. The van der Waals surface area contributed by atoms with Crippen molar-refractivity contribution in [1.29, 1.82) is 0 Å². The van der Waals surface area contributed by atoms with Crippen molar-refractivity contribution in [2.24, 2.45) is 0 Å². The third-order valence-electron chi connectivity index (χ3n) is 8.18. The standard InChI is InChI=1S/C35H72NO5P/c1-7-9-10-11-12-13-14-15-16-17-18-19-20-21-22-23-24-25-26-27-28-29-31-40-32-34(39-6)33-41-42(37,38)35(30-8-2)36(3,4)5/h20-21,34-35H,7-19,22-33H2,1-6H3/b21-20-/t34-,35?/m1/s1. The number of ether oxygens (including phenoxy) is 2. The highest BCUT2D eigenvalue weighted by Gasteiger charge is 2.35. The van der Waals surface area contributed by atoms with Gasteiger partial charge in [0, 0.05) is 20.1 Å². The number of hydrogen-bond donors (Lipinski definition) is 0. The predicted octanol–water partition coefficient (Wildman–Crippen LogP) is 9.80. The van der Waals surface area contributed by atoms with Crippen LogP contribution in [0.4, 0.5) is 0 Å². The van der Waals surface area contributed by atoms with Crippen LogP contribution >= 0.6 is 7.60 Å². The molecule has 252 valence electrons. The fraction of sp³-hybridized carbons (Fsp3) is 0.943. The first kappa shape index (κ1) is 41.8. The van der Waals surface area contributed by atoms with Gasteiger partial charge in [0.2, 0.25) is 0 Å². The van der Waals surface area contributed by atoms with Gasteiger partial charge >= 0.3 is 0 Å². The molecule has 0 aromatic heterocycles. The summed E-state index contributed by atoms with van der Waals surface area (Å²) in [6.45, 7) is 5.32. The van der Waals surface area contributed by atoms with Crippen molar-refractivity contribution in [3.05, 3.63) is 12.2 Å². The lowest BCUT2D eigenvalue weighted by Crippen LogP contribution is -2.47. The Morgan fingerprint density at radius 2 is 1.12 bits per heavy atom. The molecule has 0 aromatic carbocycles. The molecule has 0 aliphatic rings. The van der Waals surface area contributed by atoms with E-state index in [0.29, 0.717) is 24.1 Å². The second kappa shape index (κ2) is 28.3. The zero-order valence-corrected chi connectivity index (χ0v) is 29.8. The van der Waals surface area contributed by atoms with E-state index in [1.165, 1.54) is 122 Å². The summed E-state index contributed by atoms with van der Waals surface area (Å²) in [4.78, 5) is 12.8. The van der Waals surface area contributed by atoms with E-state index in [2.05, 4.69) is 19.1 Å². The Balaban J connectivity index is 3.59. The first-order valence-corrected chi connectivity index (χ1v) is 19.3. The lowest BCUT2D eigenvalue weighted by Gasteiger charge is -2.41. The molecule has 0 fully saturated rings. The Kier molecular flexibility index (Phi) is 28.1. The van der Waals surface area contributed by atoms with Crippen molar-refractivity contribution in [3.63, 3.8) is 0 Å². The van der Waals surface area contributed by atoms with E-state index < -0.39 is 13.4 Å². The predicted molar refractivity (Wildman–Crippen MR) is 179 cm³/mol. The average Bonchev–Trinajstić information content (AvgIpc) is 2.94. The number of nitrogens with zero attached hydrogens (tertiary/aromatic N) is 1. The fourth-order valence-electron chi connectivity index (χ4n) is 5.41. The van der Waals surface area contributed by atoms with Crippen LogP contribution in [0.3, 0.4) is 0 Å². The summed E-state index contributed by atoms with van der Waals surface area (Å²) in [5.41, 5.74) is 0. The molecule has 42 heavy (non-hydrogen) atoms. The monoisotopic (exact) mass is 618 g/mol. The van der Waals surface area contributed by atoms with Gasteiger partial charge < -0.3 is 27.9 Å². The molecule has 2 unspecified atom stereocenters. The van der Waals surface area contributed by atoms with E-state index in [9.17, 15) is 9.46 Å². The molecule has 0 aliphatic heterocycles. The van der Waals surface area contributed by atoms with Crippen LogP contribution in [0.2, 0.25) is 0 Å². The van der Waals surface area contributed by atoms with Gasteiger partial charge in [-0.25, -0.2) is 0 Å². The lowest BCUT2D eigenvalue weighted by molar-refractivity contribution is -0.884. The summed E-state index contributed by atoms with van der Waals surface area (Å²) in [6, 6.07) is 0. The number of unbranched alkanes of at least 4 members (excludes halogenated alkanes) is 18. The number of hydrogen-bond acceptors (Lipinski definition) is 5. The minimum Gasteiger partial charge on any atom is -0.774 e. The highest BCUT2D eigenvalue weighted by molar-refractivity contribution is 7.51. The summed E-state index contributed by atoms with van der Waals surface area (Å²) in [5, 5.41) is 0. The molecule has 0 rings (SSSR count). The molecule has 0 radical (unpaired) electrons. The van der Waals surface area contributed by atoms with Crippen LogP contribution in [-0.4, -0.2) is 64.4 Å². The molecular formula is C35H72NO5P. The second-order valence-electron chi connectivity index (χ2n) is 13.2. The van der Waals surface area contributed by atoms with Crippen LogP contribution in [0.15, 0.2) is 12.2 Å². The van der Waals surface area contributed by atoms with Gasteiger partial charge in [-0.15, -0.1) is 0 Å². The zero-order valence-electron chi connectivity index (χ0n) is 28.9. The van der Waals surface area contributed by atoms with E-state index in [0.717, 1.165) is 12.8 Å². The van der Waals surface area contributed by atoms with Crippen molar-refractivity contribution < 1.29 is 27.9 Å². The Morgan fingerprint density at radius 1 is 0.667 bits per heavy atom. The minimum absolute atomic E-state index is 0.00599. The van der Waals surface area contributed by atoms with Crippen molar-refractivity contribution >= 4 is 7.60 Å². The van der Waals surface area contributed by atoms with Crippen LogP contribution in [0.5, 0.6) is 0 Å². The minimum atomic E-state index is -4.01. The summed E-state index contributed by atoms with van der Waals surface area (Å²) >= 11 is 0. The summed E-state index contributed by atoms with van der Waals surface area (Å²) in [7, 11) is 3.25. The van der Waals surface area contributed by atoms with Crippen LogP contribution in [-0.2, 0) is 18.6 Å². The van der Waals surface area contributed by atoms with Gasteiger partial charge in [-0.3, -0.25) is 0 Å². The van der Waals surface area contributed by atoms with E-state index >= 15 is 0 Å². The summed E-state index contributed by atoms with van der Waals surface area (Å²) < 4.78 is 29.7.